The Kier molecular flexibility index (Phi) is 3.11. The zero-order chi connectivity index (χ0) is 12.4. The lowest BCUT2D eigenvalue weighted by Gasteiger charge is -2.12. The molecule has 0 radical (unpaired) electrons. The fourth-order valence-electron chi connectivity index (χ4n) is 2.25. The van der Waals surface area contributed by atoms with Crippen molar-refractivity contribution in [2.45, 2.75) is 32.4 Å². The molecule has 0 bridgehead atoms. The highest BCUT2D eigenvalue weighted by Gasteiger charge is 2.20. The largest absolute Gasteiger partial charge is 0.310 e. The van der Waals surface area contributed by atoms with E-state index < -0.39 is 0 Å². The highest BCUT2D eigenvalue weighted by atomic mass is 14.9. The molecule has 18 heavy (non-hydrogen) atoms. The van der Waals surface area contributed by atoms with Crippen molar-refractivity contribution < 1.29 is 0 Å². The third-order valence-electron chi connectivity index (χ3n) is 3.49. The van der Waals surface area contributed by atoms with Gasteiger partial charge in [0.05, 0.1) is 0 Å². The molecule has 0 unspecified atom stereocenters. The average Bonchev–Trinajstić information content (AvgIpc) is 3.22. The van der Waals surface area contributed by atoms with E-state index in [1.807, 2.05) is 12.4 Å². The Hall–Kier alpha value is -1.67. The minimum atomic E-state index is 0.747. The van der Waals surface area contributed by atoms with Crippen LogP contribution in [0.2, 0.25) is 0 Å². The fourth-order valence-corrected chi connectivity index (χ4v) is 2.25. The van der Waals surface area contributed by atoms with Crippen molar-refractivity contribution in [1.29, 1.82) is 0 Å². The van der Waals surface area contributed by atoms with Crippen LogP contribution < -0.4 is 5.32 Å². The number of nitrogens with zero attached hydrogens (tertiary/aromatic N) is 1. The third-order valence-corrected chi connectivity index (χ3v) is 3.49. The molecular weight excluding hydrogens is 220 g/mol. The first-order valence-electron chi connectivity index (χ1n) is 6.57. The van der Waals surface area contributed by atoms with Gasteiger partial charge in [0, 0.05) is 25.0 Å². The molecule has 2 heteroatoms. The van der Waals surface area contributed by atoms with Gasteiger partial charge >= 0.3 is 0 Å². The minimum Gasteiger partial charge on any atom is -0.310 e. The minimum absolute atomic E-state index is 0.747. The second kappa shape index (κ2) is 4.91. The SMILES string of the molecule is Cc1cnccc1-c1ccccc1CNC1CC1. The zero-order valence-electron chi connectivity index (χ0n) is 10.7. The monoisotopic (exact) mass is 238 g/mol. The quantitative estimate of drug-likeness (QED) is 0.884. The topological polar surface area (TPSA) is 24.9 Å². The molecule has 1 aliphatic carbocycles. The van der Waals surface area contributed by atoms with Crippen LogP contribution in [0.1, 0.15) is 24.0 Å². The van der Waals surface area contributed by atoms with Crippen LogP contribution in [-0.2, 0) is 6.54 Å². The molecule has 1 N–H and O–H groups in total. The van der Waals surface area contributed by atoms with Crippen molar-refractivity contribution in [2.24, 2.45) is 0 Å². The summed E-state index contributed by atoms with van der Waals surface area (Å²) >= 11 is 0. The maximum atomic E-state index is 4.17. The molecule has 0 amide bonds. The van der Waals surface area contributed by atoms with Gasteiger partial charge in [-0.25, -0.2) is 0 Å². The van der Waals surface area contributed by atoms with Crippen molar-refractivity contribution in [1.82, 2.24) is 10.3 Å². The number of nitrogens with one attached hydrogen (secondary N) is 1. The molecule has 0 saturated heterocycles. The molecular formula is C16H18N2. The lowest BCUT2D eigenvalue weighted by Crippen LogP contribution is -2.15. The van der Waals surface area contributed by atoms with E-state index in [0.29, 0.717) is 0 Å². The Morgan fingerprint density at radius 1 is 1.17 bits per heavy atom. The van der Waals surface area contributed by atoms with Crippen molar-refractivity contribution in [3.8, 4) is 11.1 Å². The highest BCUT2D eigenvalue weighted by Crippen LogP contribution is 2.27. The molecule has 1 aliphatic rings. The number of benzene rings is 1. The summed E-state index contributed by atoms with van der Waals surface area (Å²) in [4.78, 5) is 4.17. The second-order valence-corrected chi connectivity index (χ2v) is 5.00. The van der Waals surface area contributed by atoms with Crippen molar-refractivity contribution in [3.63, 3.8) is 0 Å². The molecule has 3 rings (SSSR count). The molecule has 1 saturated carbocycles. The summed E-state index contributed by atoms with van der Waals surface area (Å²) in [6, 6.07) is 11.5. The van der Waals surface area contributed by atoms with Gasteiger partial charge in [-0.1, -0.05) is 24.3 Å². The van der Waals surface area contributed by atoms with Crippen LogP contribution in [0.25, 0.3) is 11.1 Å². The molecule has 92 valence electrons. The second-order valence-electron chi connectivity index (χ2n) is 5.00. The standard InChI is InChI=1S/C16H18N2/c1-12-10-17-9-8-15(12)16-5-3-2-4-13(16)11-18-14-6-7-14/h2-5,8-10,14,18H,6-7,11H2,1H3. The van der Waals surface area contributed by atoms with Gasteiger partial charge < -0.3 is 5.32 Å². The van der Waals surface area contributed by atoms with Gasteiger partial charge in [-0.15, -0.1) is 0 Å². The molecule has 2 aromatic rings. The average molecular weight is 238 g/mol. The normalized spacial score (nSPS) is 14.7. The van der Waals surface area contributed by atoms with Gasteiger partial charge in [0.1, 0.15) is 0 Å². The van der Waals surface area contributed by atoms with Crippen LogP contribution in [0, 0.1) is 6.92 Å². The lowest BCUT2D eigenvalue weighted by atomic mass is 9.97. The van der Waals surface area contributed by atoms with Crippen molar-refractivity contribution in [2.75, 3.05) is 0 Å². The number of hydrogen-bond donors (Lipinski definition) is 1. The number of hydrogen-bond acceptors (Lipinski definition) is 2. The van der Waals surface area contributed by atoms with Crippen LogP contribution >= 0.6 is 0 Å². The maximum absolute atomic E-state index is 4.17. The summed E-state index contributed by atoms with van der Waals surface area (Å²) in [7, 11) is 0. The summed E-state index contributed by atoms with van der Waals surface area (Å²) in [6.45, 7) is 3.08. The zero-order valence-corrected chi connectivity index (χ0v) is 10.7. The van der Waals surface area contributed by atoms with Gasteiger partial charge in [0.15, 0.2) is 0 Å². The lowest BCUT2D eigenvalue weighted by molar-refractivity contribution is 0.689. The molecule has 0 aliphatic heterocycles. The first-order valence-corrected chi connectivity index (χ1v) is 6.57. The van der Waals surface area contributed by atoms with Gasteiger partial charge in [-0.05, 0) is 48.1 Å². The number of aryl methyl sites for hydroxylation is 1. The van der Waals surface area contributed by atoms with E-state index in [1.165, 1.54) is 35.1 Å². The number of rotatable bonds is 4. The van der Waals surface area contributed by atoms with E-state index >= 15 is 0 Å². The summed E-state index contributed by atoms with van der Waals surface area (Å²) in [6.07, 6.45) is 6.46. The predicted octanol–water partition coefficient (Wildman–Crippen LogP) is 3.31. The first kappa shape index (κ1) is 11.4. The molecule has 0 spiro atoms. The summed E-state index contributed by atoms with van der Waals surface area (Å²) in [5, 5.41) is 3.59. The maximum Gasteiger partial charge on any atom is 0.0303 e. The van der Waals surface area contributed by atoms with Crippen LogP contribution in [0.15, 0.2) is 42.7 Å². The highest BCUT2D eigenvalue weighted by molar-refractivity contribution is 5.69. The Labute approximate surface area is 108 Å². The Morgan fingerprint density at radius 2 is 2.00 bits per heavy atom. The first-order chi connectivity index (χ1) is 8.84. The summed E-state index contributed by atoms with van der Waals surface area (Å²) in [5.74, 6) is 0. The predicted molar refractivity (Wildman–Crippen MR) is 74.3 cm³/mol. The van der Waals surface area contributed by atoms with E-state index in [2.05, 4.69) is 47.6 Å². The number of pyridine rings is 1. The van der Waals surface area contributed by atoms with Crippen molar-refractivity contribution >= 4 is 0 Å². The molecule has 1 fully saturated rings. The molecule has 1 heterocycles. The van der Waals surface area contributed by atoms with Crippen LogP contribution in [0.4, 0.5) is 0 Å². The Morgan fingerprint density at radius 3 is 2.78 bits per heavy atom. The van der Waals surface area contributed by atoms with Gasteiger partial charge in [0.2, 0.25) is 0 Å². The smallest absolute Gasteiger partial charge is 0.0303 e. The molecule has 0 atom stereocenters. The Bertz CT molecular complexity index is 544. The van der Waals surface area contributed by atoms with Gasteiger partial charge in [-0.2, -0.15) is 0 Å². The van der Waals surface area contributed by atoms with Gasteiger partial charge in [-0.3, -0.25) is 4.98 Å². The van der Waals surface area contributed by atoms with Crippen LogP contribution in [-0.4, -0.2) is 11.0 Å². The third kappa shape index (κ3) is 2.44. The molecule has 1 aromatic heterocycles. The van der Waals surface area contributed by atoms with E-state index in [9.17, 15) is 0 Å². The van der Waals surface area contributed by atoms with E-state index in [0.717, 1.165) is 12.6 Å². The van der Waals surface area contributed by atoms with Crippen LogP contribution in [0.5, 0.6) is 0 Å². The van der Waals surface area contributed by atoms with E-state index in [4.69, 9.17) is 0 Å². The van der Waals surface area contributed by atoms with Crippen molar-refractivity contribution in [3.05, 3.63) is 53.9 Å². The molecule has 1 aromatic carbocycles. The molecule has 2 nitrogen and oxygen atoms in total. The summed E-state index contributed by atoms with van der Waals surface area (Å²) in [5.41, 5.74) is 5.22. The van der Waals surface area contributed by atoms with E-state index in [1.54, 1.807) is 0 Å². The Balaban J connectivity index is 1.92. The fraction of sp³-hybridized carbons (Fsp3) is 0.312. The number of aromatic nitrogens is 1. The van der Waals surface area contributed by atoms with Gasteiger partial charge in [0.25, 0.3) is 0 Å². The van der Waals surface area contributed by atoms with Crippen LogP contribution in [0.3, 0.4) is 0 Å². The summed E-state index contributed by atoms with van der Waals surface area (Å²) < 4.78 is 0. The van der Waals surface area contributed by atoms with E-state index in [-0.39, 0.29) is 0 Å².